The van der Waals surface area contributed by atoms with Gasteiger partial charge in [0.15, 0.2) is 0 Å². The Morgan fingerprint density at radius 2 is 2.19 bits per heavy atom. The smallest absolute Gasteiger partial charge is 0.139 e. The zero-order chi connectivity index (χ0) is 11.1. The Morgan fingerprint density at radius 1 is 1.31 bits per heavy atom. The summed E-state index contributed by atoms with van der Waals surface area (Å²) in [6.45, 7) is 2.09. The summed E-state index contributed by atoms with van der Waals surface area (Å²) in [5.41, 5.74) is 4.56. The molecular formula is C12H9IN2S. The zero-order valence-electron chi connectivity index (χ0n) is 8.62. The molecule has 0 radical (unpaired) electrons. The fourth-order valence-corrected chi connectivity index (χ4v) is 3.03. The number of hydrogen-bond donors (Lipinski definition) is 1. The van der Waals surface area contributed by atoms with Gasteiger partial charge in [0.05, 0.1) is 13.9 Å². The minimum absolute atomic E-state index is 0.958. The van der Waals surface area contributed by atoms with E-state index in [1.165, 1.54) is 14.0 Å². The molecule has 0 bridgehead atoms. The van der Waals surface area contributed by atoms with Crippen LogP contribution in [0, 0.1) is 9.81 Å². The highest BCUT2D eigenvalue weighted by Crippen LogP contribution is 2.26. The monoisotopic (exact) mass is 340 g/mol. The largest absolute Gasteiger partial charge is 0.338 e. The molecule has 4 heteroatoms. The number of aryl methyl sites for hydroxylation is 1. The van der Waals surface area contributed by atoms with E-state index < -0.39 is 0 Å². The molecule has 0 fully saturated rings. The van der Waals surface area contributed by atoms with Crippen LogP contribution in [0.1, 0.15) is 5.56 Å². The van der Waals surface area contributed by atoms with Crippen LogP contribution in [0.2, 0.25) is 0 Å². The molecule has 0 amide bonds. The number of nitrogens with zero attached hydrogens (tertiary/aromatic N) is 1. The maximum atomic E-state index is 4.59. The molecule has 1 N–H and O–H groups in total. The van der Waals surface area contributed by atoms with Gasteiger partial charge in [-0.15, -0.1) is 11.3 Å². The molecule has 0 aliphatic carbocycles. The number of halogens is 1. The van der Waals surface area contributed by atoms with Crippen molar-refractivity contribution in [1.29, 1.82) is 0 Å². The summed E-state index contributed by atoms with van der Waals surface area (Å²) in [6.07, 6.45) is 0. The van der Waals surface area contributed by atoms with Crippen LogP contribution in [0.5, 0.6) is 0 Å². The van der Waals surface area contributed by atoms with Crippen molar-refractivity contribution in [3.05, 3.63) is 38.1 Å². The quantitative estimate of drug-likeness (QED) is 0.661. The van der Waals surface area contributed by atoms with Gasteiger partial charge in [-0.25, -0.2) is 4.98 Å². The van der Waals surface area contributed by atoms with Crippen LogP contribution in [-0.2, 0) is 0 Å². The summed E-state index contributed by atoms with van der Waals surface area (Å²) in [4.78, 5) is 7.94. The number of aromatic amines is 1. The zero-order valence-corrected chi connectivity index (χ0v) is 11.6. The van der Waals surface area contributed by atoms with Gasteiger partial charge in [-0.3, -0.25) is 0 Å². The van der Waals surface area contributed by atoms with Crippen LogP contribution in [0.4, 0.5) is 0 Å². The number of aromatic nitrogens is 2. The SMILES string of the molecule is Cc1ccc2nc(-c3csc(I)c3)[nH]c2c1. The van der Waals surface area contributed by atoms with Crippen LogP contribution >= 0.6 is 33.9 Å². The highest BCUT2D eigenvalue weighted by atomic mass is 127. The summed E-state index contributed by atoms with van der Waals surface area (Å²) in [5.74, 6) is 0.958. The molecule has 80 valence electrons. The van der Waals surface area contributed by atoms with E-state index in [-0.39, 0.29) is 0 Å². The fourth-order valence-electron chi connectivity index (χ4n) is 1.69. The highest BCUT2D eigenvalue weighted by molar-refractivity contribution is 14.1. The molecule has 0 aliphatic heterocycles. The molecule has 2 heterocycles. The number of nitrogens with one attached hydrogen (secondary N) is 1. The van der Waals surface area contributed by atoms with E-state index in [4.69, 9.17) is 0 Å². The molecule has 2 nitrogen and oxygen atoms in total. The molecule has 3 rings (SSSR count). The summed E-state index contributed by atoms with van der Waals surface area (Å²) in [7, 11) is 0. The van der Waals surface area contributed by atoms with Gasteiger partial charge < -0.3 is 4.98 Å². The van der Waals surface area contributed by atoms with Gasteiger partial charge in [-0.05, 0) is 53.3 Å². The third-order valence-corrected chi connectivity index (χ3v) is 4.27. The summed E-state index contributed by atoms with van der Waals surface area (Å²) < 4.78 is 1.28. The molecule has 0 spiro atoms. The van der Waals surface area contributed by atoms with E-state index in [0.717, 1.165) is 16.9 Å². The van der Waals surface area contributed by atoms with E-state index in [0.29, 0.717) is 0 Å². The first-order valence-electron chi connectivity index (χ1n) is 4.93. The number of hydrogen-bond acceptors (Lipinski definition) is 2. The first-order chi connectivity index (χ1) is 7.72. The van der Waals surface area contributed by atoms with Crippen molar-refractivity contribution in [3.63, 3.8) is 0 Å². The molecule has 0 saturated carbocycles. The van der Waals surface area contributed by atoms with Crippen LogP contribution in [0.3, 0.4) is 0 Å². The lowest BCUT2D eigenvalue weighted by Gasteiger charge is -1.89. The Balaban J connectivity index is 2.18. The molecule has 1 aromatic carbocycles. The second-order valence-electron chi connectivity index (χ2n) is 3.75. The molecule has 3 aromatic rings. The van der Waals surface area contributed by atoms with Gasteiger partial charge in [0, 0.05) is 10.9 Å². The Morgan fingerprint density at radius 3 is 2.94 bits per heavy atom. The second kappa shape index (κ2) is 3.85. The Bertz CT molecular complexity index is 654. The van der Waals surface area contributed by atoms with Crippen molar-refractivity contribution in [2.75, 3.05) is 0 Å². The van der Waals surface area contributed by atoms with Crippen LogP contribution in [-0.4, -0.2) is 9.97 Å². The van der Waals surface area contributed by atoms with Crippen molar-refractivity contribution in [2.45, 2.75) is 6.92 Å². The normalized spacial score (nSPS) is 11.1. The average Bonchev–Trinajstić information content (AvgIpc) is 2.83. The first kappa shape index (κ1) is 10.3. The minimum atomic E-state index is 0.958. The summed E-state index contributed by atoms with van der Waals surface area (Å²) in [5, 5.41) is 2.13. The van der Waals surface area contributed by atoms with Crippen molar-refractivity contribution >= 4 is 45.0 Å². The maximum absolute atomic E-state index is 4.59. The summed E-state index contributed by atoms with van der Waals surface area (Å²) in [6, 6.07) is 8.42. The third kappa shape index (κ3) is 1.76. The summed E-state index contributed by atoms with van der Waals surface area (Å²) >= 11 is 4.07. The molecular weight excluding hydrogens is 331 g/mol. The number of thiophene rings is 1. The third-order valence-electron chi connectivity index (χ3n) is 2.48. The number of H-pyrrole nitrogens is 1. The van der Waals surface area contributed by atoms with Crippen molar-refractivity contribution in [1.82, 2.24) is 9.97 Å². The van der Waals surface area contributed by atoms with Crippen molar-refractivity contribution < 1.29 is 0 Å². The van der Waals surface area contributed by atoms with Crippen molar-refractivity contribution in [2.24, 2.45) is 0 Å². The van der Waals surface area contributed by atoms with Crippen LogP contribution < -0.4 is 0 Å². The van der Waals surface area contributed by atoms with Crippen LogP contribution in [0.15, 0.2) is 29.6 Å². The molecule has 0 unspecified atom stereocenters. The first-order valence-corrected chi connectivity index (χ1v) is 6.89. The van der Waals surface area contributed by atoms with Crippen LogP contribution in [0.25, 0.3) is 22.4 Å². The molecule has 0 aliphatic rings. The van der Waals surface area contributed by atoms with Gasteiger partial charge in [-0.1, -0.05) is 6.07 Å². The van der Waals surface area contributed by atoms with Gasteiger partial charge in [-0.2, -0.15) is 0 Å². The standard InChI is InChI=1S/C12H9IN2S/c1-7-2-3-9-10(4-7)15-12(14-9)8-5-11(13)16-6-8/h2-6H,1H3,(H,14,15). The molecule has 0 atom stereocenters. The lowest BCUT2D eigenvalue weighted by atomic mass is 10.2. The van der Waals surface area contributed by atoms with Gasteiger partial charge in [0.25, 0.3) is 0 Å². The van der Waals surface area contributed by atoms with E-state index in [1.807, 2.05) is 0 Å². The minimum Gasteiger partial charge on any atom is -0.338 e. The maximum Gasteiger partial charge on any atom is 0.139 e. The molecule has 2 aromatic heterocycles. The Labute approximate surface area is 111 Å². The lowest BCUT2D eigenvalue weighted by Crippen LogP contribution is -1.74. The van der Waals surface area contributed by atoms with E-state index in [1.54, 1.807) is 11.3 Å². The van der Waals surface area contributed by atoms with Gasteiger partial charge in [0.2, 0.25) is 0 Å². The van der Waals surface area contributed by atoms with Gasteiger partial charge >= 0.3 is 0 Å². The topological polar surface area (TPSA) is 28.7 Å². The Hall–Kier alpha value is -0.880. The molecule has 0 saturated heterocycles. The number of fused-ring (bicyclic) bond motifs is 1. The van der Waals surface area contributed by atoms with E-state index >= 15 is 0 Å². The number of rotatable bonds is 1. The molecule has 16 heavy (non-hydrogen) atoms. The van der Waals surface area contributed by atoms with E-state index in [2.05, 4.69) is 69.1 Å². The number of imidazole rings is 1. The predicted octanol–water partition coefficient (Wildman–Crippen LogP) is 4.20. The van der Waals surface area contributed by atoms with Gasteiger partial charge in [0.1, 0.15) is 5.82 Å². The highest BCUT2D eigenvalue weighted by Gasteiger charge is 2.06. The lowest BCUT2D eigenvalue weighted by molar-refractivity contribution is 1.34. The fraction of sp³-hybridized carbons (Fsp3) is 0.0833. The predicted molar refractivity (Wildman–Crippen MR) is 76.9 cm³/mol. The Kier molecular flexibility index (Phi) is 2.48. The number of benzene rings is 1. The second-order valence-corrected chi connectivity index (χ2v) is 6.55. The van der Waals surface area contributed by atoms with E-state index in [9.17, 15) is 0 Å². The average molecular weight is 340 g/mol. The van der Waals surface area contributed by atoms with Crippen molar-refractivity contribution in [3.8, 4) is 11.4 Å².